The molecular formula is C12H22N2. The van der Waals surface area contributed by atoms with Crippen LogP contribution in [0.3, 0.4) is 0 Å². The zero-order valence-electron chi connectivity index (χ0n) is 9.37. The second-order valence-electron chi connectivity index (χ2n) is 4.91. The normalized spacial score (nSPS) is 39.1. The molecule has 80 valence electrons. The molecule has 0 aromatic heterocycles. The second-order valence-corrected chi connectivity index (χ2v) is 4.91. The Hall–Kier alpha value is -0.340. The Bertz CT molecular complexity index is 212. The van der Waals surface area contributed by atoms with Crippen LogP contribution in [0.15, 0.2) is 12.2 Å². The van der Waals surface area contributed by atoms with Gasteiger partial charge in [0, 0.05) is 18.6 Å². The van der Waals surface area contributed by atoms with E-state index >= 15 is 0 Å². The van der Waals surface area contributed by atoms with Crippen LogP contribution in [0.2, 0.25) is 0 Å². The Morgan fingerprint density at radius 1 is 1.36 bits per heavy atom. The quantitative estimate of drug-likeness (QED) is 0.672. The third-order valence-electron chi connectivity index (χ3n) is 3.55. The minimum Gasteiger partial charge on any atom is -0.307 e. The maximum absolute atomic E-state index is 3.77. The van der Waals surface area contributed by atoms with Gasteiger partial charge in [0.15, 0.2) is 0 Å². The molecule has 0 aromatic rings. The summed E-state index contributed by atoms with van der Waals surface area (Å²) in [5, 5.41) is 3.77. The molecule has 1 fully saturated rings. The summed E-state index contributed by atoms with van der Waals surface area (Å²) >= 11 is 0. The van der Waals surface area contributed by atoms with Crippen molar-refractivity contribution in [2.45, 2.75) is 38.3 Å². The summed E-state index contributed by atoms with van der Waals surface area (Å²) in [5.41, 5.74) is 0. The average Bonchev–Trinajstić information content (AvgIpc) is 2.62. The highest BCUT2D eigenvalue weighted by Crippen LogP contribution is 2.18. The van der Waals surface area contributed by atoms with Gasteiger partial charge in [0.2, 0.25) is 0 Å². The molecule has 0 saturated carbocycles. The van der Waals surface area contributed by atoms with Crippen LogP contribution >= 0.6 is 0 Å². The Morgan fingerprint density at radius 2 is 2.21 bits per heavy atom. The number of hydrogen-bond donors (Lipinski definition) is 1. The van der Waals surface area contributed by atoms with Gasteiger partial charge in [-0.25, -0.2) is 0 Å². The molecular weight excluding hydrogens is 172 g/mol. The maximum Gasteiger partial charge on any atom is 0.0255 e. The van der Waals surface area contributed by atoms with Crippen LogP contribution in [0, 0.1) is 5.92 Å². The van der Waals surface area contributed by atoms with Crippen molar-refractivity contribution in [2.75, 3.05) is 20.1 Å². The van der Waals surface area contributed by atoms with Crippen LogP contribution in [0.4, 0.5) is 0 Å². The van der Waals surface area contributed by atoms with Crippen molar-refractivity contribution in [1.82, 2.24) is 10.2 Å². The number of nitrogens with zero attached hydrogens (tertiary/aromatic N) is 1. The van der Waals surface area contributed by atoms with Crippen molar-refractivity contribution in [2.24, 2.45) is 5.92 Å². The van der Waals surface area contributed by atoms with Gasteiger partial charge in [-0.05, 0) is 38.8 Å². The molecule has 1 N–H and O–H groups in total. The van der Waals surface area contributed by atoms with Crippen LogP contribution in [-0.2, 0) is 0 Å². The molecule has 0 bridgehead atoms. The van der Waals surface area contributed by atoms with Gasteiger partial charge in [-0.15, -0.1) is 0 Å². The monoisotopic (exact) mass is 194 g/mol. The molecule has 1 aliphatic carbocycles. The van der Waals surface area contributed by atoms with E-state index in [1.54, 1.807) is 0 Å². The van der Waals surface area contributed by atoms with Crippen LogP contribution in [0.1, 0.15) is 26.2 Å². The largest absolute Gasteiger partial charge is 0.307 e. The maximum atomic E-state index is 3.77. The first-order valence-electron chi connectivity index (χ1n) is 5.87. The third kappa shape index (κ3) is 2.37. The minimum atomic E-state index is 0.658. The van der Waals surface area contributed by atoms with Crippen molar-refractivity contribution >= 4 is 0 Å². The number of rotatable bonds is 2. The highest BCUT2D eigenvalue weighted by atomic mass is 15.1. The highest BCUT2D eigenvalue weighted by Gasteiger charge is 2.25. The number of hydrogen-bond acceptors (Lipinski definition) is 2. The van der Waals surface area contributed by atoms with Gasteiger partial charge in [0.1, 0.15) is 0 Å². The van der Waals surface area contributed by atoms with Gasteiger partial charge in [-0.3, -0.25) is 0 Å². The molecule has 0 spiro atoms. The summed E-state index contributed by atoms with van der Waals surface area (Å²) in [4.78, 5) is 2.44. The SMILES string of the molecule is CC1CN(C)CCC1NC1C=CCC1. The predicted molar refractivity (Wildman–Crippen MR) is 60.4 cm³/mol. The van der Waals surface area contributed by atoms with E-state index in [1.165, 1.54) is 32.4 Å². The molecule has 0 radical (unpaired) electrons. The van der Waals surface area contributed by atoms with Crippen molar-refractivity contribution in [3.63, 3.8) is 0 Å². The number of piperidine rings is 1. The lowest BCUT2D eigenvalue weighted by Crippen LogP contribution is -2.49. The summed E-state index contributed by atoms with van der Waals surface area (Å²) in [6.07, 6.45) is 8.52. The Labute approximate surface area is 87.4 Å². The van der Waals surface area contributed by atoms with Crippen molar-refractivity contribution < 1.29 is 0 Å². The van der Waals surface area contributed by atoms with Crippen molar-refractivity contribution in [1.29, 1.82) is 0 Å². The fourth-order valence-corrected chi connectivity index (χ4v) is 2.65. The molecule has 1 saturated heterocycles. The van der Waals surface area contributed by atoms with E-state index in [2.05, 4.69) is 36.3 Å². The van der Waals surface area contributed by atoms with Crippen LogP contribution in [0.5, 0.6) is 0 Å². The van der Waals surface area contributed by atoms with Gasteiger partial charge in [0.25, 0.3) is 0 Å². The Kier molecular flexibility index (Phi) is 3.24. The van der Waals surface area contributed by atoms with E-state index in [0.717, 1.165) is 12.0 Å². The van der Waals surface area contributed by atoms with Crippen molar-refractivity contribution in [3.8, 4) is 0 Å². The zero-order valence-corrected chi connectivity index (χ0v) is 9.37. The van der Waals surface area contributed by atoms with E-state index in [0.29, 0.717) is 6.04 Å². The molecule has 3 unspecified atom stereocenters. The first-order valence-corrected chi connectivity index (χ1v) is 5.87. The van der Waals surface area contributed by atoms with E-state index in [1.807, 2.05) is 0 Å². The number of nitrogens with one attached hydrogen (secondary N) is 1. The number of likely N-dealkylation sites (tertiary alicyclic amines) is 1. The topological polar surface area (TPSA) is 15.3 Å². The summed E-state index contributed by atoms with van der Waals surface area (Å²) in [5.74, 6) is 0.794. The smallest absolute Gasteiger partial charge is 0.0255 e. The van der Waals surface area contributed by atoms with E-state index in [9.17, 15) is 0 Å². The standard InChI is InChI=1S/C12H22N2/c1-10-9-14(2)8-7-12(10)13-11-5-3-4-6-11/h3,5,10-13H,4,6-9H2,1-2H3. The van der Waals surface area contributed by atoms with E-state index < -0.39 is 0 Å². The lowest BCUT2D eigenvalue weighted by atomic mass is 9.93. The molecule has 14 heavy (non-hydrogen) atoms. The lowest BCUT2D eigenvalue weighted by molar-refractivity contribution is 0.170. The first kappa shape index (κ1) is 10.2. The average molecular weight is 194 g/mol. The molecule has 3 atom stereocenters. The minimum absolute atomic E-state index is 0.658. The van der Waals surface area contributed by atoms with E-state index in [4.69, 9.17) is 0 Å². The Balaban J connectivity index is 1.82. The van der Waals surface area contributed by atoms with Gasteiger partial charge in [0.05, 0.1) is 0 Å². The van der Waals surface area contributed by atoms with Gasteiger partial charge in [-0.2, -0.15) is 0 Å². The predicted octanol–water partition coefficient (Wildman–Crippen LogP) is 1.63. The summed E-state index contributed by atoms with van der Waals surface area (Å²) in [6.45, 7) is 4.86. The third-order valence-corrected chi connectivity index (χ3v) is 3.55. The van der Waals surface area contributed by atoms with Crippen LogP contribution in [-0.4, -0.2) is 37.1 Å². The molecule has 1 heterocycles. The molecule has 0 amide bonds. The lowest BCUT2D eigenvalue weighted by Gasteiger charge is -2.36. The van der Waals surface area contributed by atoms with Gasteiger partial charge >= 0.3 is 0 Å². The fourth-order valence-electron chi connectivity index (χ4n) is 2.65. The van der Waals surface area contributed by atoms with Crippen molar-refractivity contribution in [3.05, 3.63) is 12.2 Å². The summed E-state index contributed by atoms with van der Waals surface area (Å²) in [6, 6.07) is 1.39. The van der Waals surface area contributed by atoms with Gasteiger partial charge < -0.3 is 10.2 Å². The fraction of sp³-hybridized carbons (Fsp3) is 0.833. The molecule has 1 aliphatic heterocycles. The number of allylic oxidation sites excluding steroid dienone is 1. The molecule has 2 nitrogen and oxygen atoms in total. The highest BCUT2D eigenvalue weighted by molar-refractivity contribution is 5.02. The van der Waals surface area contributed by atoms with Crippen LogP contribution < -0.4 is 5.32 Å². The van der Waals surface area contributed by atoms with Gasteiger partial charge in [-0.1, -0.05) is 19.1 Å². The molecule has 0 aromatic carbocycles. The molecule has 2 aliphatic rings. The summed E-state index contributed by atoms with van der Waals surface area (Å²) < 4.78 is 0. The van der Waals surface area contributed by atoms with E-state index in [-0.39, 0.29) is 0 Å². The summed E-state index contributed by atoms with van der Waals surface area (Å²) in [7, 11) is 2.22. The molecule has 2 rings (SSSR count). The zero-order chi connectivity index (χ0) is 9.97. The molecule has 2 heteroatoms. The second kappa shape index (κ2) is 4.45. The first-order chi connectivity index (χ1) is 6.75. The van der Waals surface area contributed by atoms with Crippen LogP contribution in [0.25, 0.3) is 0 Å². The Morgan fingerprint density at radius 3 is 2.86 bits per heavy atom.